The Morgan fingerprint density at radius 3 is 2.94 bits per heavy atom. The van der Waals surface area contributed by atoms with E-state index in [9.17, 15) is 0 Å². The van der Waals surface area contributed by atoms with Gasteiger partial charge in [-0.05, 0) is 31.2 Å². The smallest absolute Gasteiger partial charge is 0.124 e. The fourth-order valence-corrected chi connectivity index (χ4v) is 2.64. The number of rotatable bonds is 4. The van der Waals surface area contributed by atoms with E-state index in [1.54, 1.807) is 0 Å². The van der Waals surface area contributed by atoms with Crippen LogP contribution >= 0.6 is 11.6 Å². The molecule has 1 aliphatic rings. The average molecular weight is 254 g/mol. The van der Waals surface area contributed by atoms with E-state index in [1.165, 1.54) is 5.56 Å². The molecule has 0 saturated heterocycles. The summed E-state index contributed by atoms with van der Waals surface area (Å²) in [5.74, 6) is 0.991. The molecule has 17 heavy (non-hydrogen) atoms. The molecule has 2 unspecified atom stereocenters. The minimum atomic E-state index is 0.331. The molecule has 2 rings (SSSR count). The Labute approximate surface area is 108 Å². The zero-order valence-corrected chi connectivity index (χ0v) is 11.3. The predicted molar refractivity (Wildman–Crippen MR) is 71.8 cm³/mol. The molecular formula is C14H20ClNO. The lowest BCUT2D eigenvalue weighted by Crippen LogP contribution is -2.32. The van der Waals surface area contributed by atoms with Crippen LogP contribution < -0.4 is 10.1 Å². The standard InChI is InChI=1S/C14H20ClNO/c1-3-5-11-9-13(16-4-2)12-8-10(15)6-7-14(12)17-11/h6-8,11,13,16H,3-5,9H2,1-2H3. The number of nitrogens with one attached hydrogen (secondary N) is 1. The summed E-state index contributed by atoms with van der Waals surface area (Å²) in [5.41, 5.74) is 1.20. The van der Waals surface area contributed by atoms with Crippen molar-refractivity contribution in [1.29, 1.82) is 0 Å². The fourth-order valence-electron chi connectivity index (χ4n) is 2.45. The number of hydrogen-bond donors (Lipinski definition) is 1. The first-order chi connectivity index (χ1) is 8.24. The molecule has 1 aliphatic heterocycles. The van der Waals surface area contributed by atoms with Crippen LogP contribution in [0.4, 0.5) is 0 Å². The molecule has 0 amide bonds. The largest absolute Gasteiger partial charge is 0.490 e. The summed E-state index contributed by atoms with van der Waals surface area (Å²) in [5, 5.41) is 4.30. The SMILES string of the molecule is CCCC1CC(NCC)c2cc(Cl)ccc2O1. The molecule has 0 fully saturated rings. The first-order valence-corrected chi connectivity index (χ1v) is 6.81. The van der Waals surface area contributed by atoms with E-state index in [-0.39, 0.29) is 0 Å². The minimum Gasteiger partial charge on any atom is -0.490 e. The zero-order chi connectivity index (χ0) is 12.3. The maximum absolute atomic E-state index is 6.06. The van der Waals surface area contributed by atoms with Gasteiger partial charge in [-0.2, -0.15) is 0 Å². The van der Waals surface area contributed by atoms with Crippen molar-refractivity contribution in [3.8, 4) is 5.75 Å². The Kier molecular flexibility index (Phi) is 4.30. The van der Waals surface area contributed by atoms with Gasteiger partial charge >= 0.3 is 0 Å². The highest BCUT2D eigenvalue weighted by Crippen LogP contribution is 2.37. The van der Waals surface area contributed by atoms with Crippen LogP contribution in [0.3, 0.4) is 0 Å². The zero-order valence-electron chi connectivity index (χ0n) is 10.5. The lowest BCUT2D eigenvalue weighted by atomic mass is 9.94. The van der Waals surface area contributed by atoms with E-state index in [2.05, 4.69) is 19.2 Å². The third kappa shape index (κ3) is 2.93. The quantitative estimate of drug-likeness (QED) is 0.878. The summed E-state index contributed by atoms with van der Waals surface area (Å²) in [6.07, 6.45) is 3.64. The lowest BCUT2D eigenvalue weighted by Gasteiger charge is -2.32. The summed E-state index contributed by atoms with van der Waals surface area (Å²) >= 11 is 6.06. The second-order valence-corrected chi connectivity index (χ2v) is 4.99. The summed E-state index contributed by atoms with van der Waals surface area (Å²) in [7, 11) is 0. The molecule has 0 spiro atoms. The number of halogens is 1. The molecular weight excluding hydrogens is 234 g/mol. The van der Waals surface area contributed by atoms with Gasteiger partial charge in [-0.25, -0.2) is 0 Å². The number of ether oxygens (including phenoxy) is 1. The fraction of sp³-hybridized carbons (Fsp3) is 0.571. The van der Waals surface area contributed by atoms with Gasteiger partial charge in [-0.1, -0.05) is 31.9 Å². The number of hydrogen-bond acceptors (Lipinski definition) is 2. The van der Waals surface area contributed by atoms with Gasteiger partial charge in [0.1, 0.15) is 11.9 Å². The van der Waals surface area contributed by atoms with E-state index in [0.717, 1.165) is 36.6 Å². The van der Waals surface area contributed by atoms with Crippen LogP contribution in [0.25, 0.3) is 0 Å². The van der Waals surface area contributed by atoms with Crippen molar-refractivity contribution in [2.24, 2.45) is 0 Å². The van der Waals surface area contributed by atoms with Crippen molar-refractivity contribution in [1.82, 2.24) is 5.32 Å². The molecule has 3 heteroatoms. The molecule has 0 radical (unpaired) electrons. The van der Waals surface area contributed by atoms with Gasteiger partial charge in [-0.15, -0.1) is 0 Å². The third-order valence-corrected chi connectivity index (χ3v) is 3.44. The van der Waals surface area contributed by atoms with E-state index < -0.39 is 0 Å². The van der Waals surface area contributed by atoms with Gasteiger partial charge in [0.2, 0.25) is 0 Å². The molecule has 0 aliphatic carbocycles. The van der Waals surface area contributed by atoms with Gasteiger partial charge in [0, 0.05) is 23.0 Å². The highest BCUT2D eigenvalue weighted by molar-refractivity contribution is 6.30. The molecule has 1 N–H and O–H groups in total. The Hall–Kier alpha value is -0.730. The maximum Gasteiger partial charge on any atom is 0.124 e. The van der Waals surface area contributed by atoms with E-state index in [1.807, 2.05) is 18.2 Å². The van der Waals surface area contributed by atoms with Crippen molar-refractivity contribution in [3.05, 3.63) is 28.8 Å². The predicted octanol–water partition coefficient (Wildman–Crippen LogP) is 3.94. The van der Waals surface area contributed by atoms with E-state index >= 15 is 0 Å². The molecule has 1 aromatic rings. The van der Waals surface area contributed by atoms with Crippen molar-refractivity contribution < 1.29 is 4.74 Å². The van der Waals surface area contributed by atoms with Crippen LogP contribution in [0, 0.1) is 0 Å². The Balaban J connectivity index is 2.25. The van der Waals surface area contributed by atoms with Crippen LogP contribution in [0.15, 0.2) is 18.2 Å². The normalized spacial score (nSPS) is 23.0. The first-order valence-electron chi connectivity index (χ1n) is 6.44. The van der Waals surface area contributed by atoms with Gasteiger partial charge in [0.05, 0.1) is 0 Å². The van der Waals surface area contributed by atoms with Crippen molar-refractivity contribution in [2.45, 2.75) is 45.3 Å². The Morgan fingerprint density at radius 2 is 2.24 bits per heavy atom. The Bertz CT molecular complexity index is 380. The van der Waals surface area contributed by atoms with Crippen molar-refractivity contribution in [3.63, 3.8) is 0 Å². The molecule has 0 saturated carbocycles. The molecule has 1 aromatic carbocycles. The summed E-state index contributed by atoms with van der Waals surface area (Å²) in [4.78, 5) is 0. The van der Waals surface area contributed by atoms with Gasteiger partial charge < -0.3 is 10.1 Å². The molecule has 94 valence electrons. The summed E-state index contributed by atoms with van der Waals surface area (Å²) in [6.45, 7) is 5.30. The third-order valence-electron chi connectivity index (χ3n) is 3.20. The highest BCUT2D eigenvalue weighted by Gasteiger charge is 2.27. The van der Waals surface area contributed by atoms with E-state index in [0.29, 0.717) is 12.1 Å². The van der Waals surface area contributed by atoms with Crippen LogP contribution in [0.2, 0.25) is 5.02 Å². The first kappa shape index (κ1) is 12.7. The van der Waals surface area contributed by atoms with Crippen molar-refractivity contribution in [2.75, 3.05) is 6.54 Å². The molecule has 0 bridgehead atoms. The monoisotopic (exact) mass is 253 g/mol. The Morgan fingerprint density at radius 1 is 1.41 bits per heavy atom. The highest BCUT2D eigenvalue weighted by atomic mass is 35.5. The summed E-state index contributed by atoms with van der Waals surface area (Å²) in [6, 6.07) is 6.28. The number of fused-ring (bicyclic) bond motifs is 1. The molecule has 2 nitrogen and oxygen atoms in total. The van der Waals surface area contributed by atoms with Gasteiger partial charge in [-0.3, -0.25) is 0 Å². The van der Waals surface area contributed by atoms with Crippen LogP contribution in [0.1, 0.15) is 44.7 Å². The van der Waals surface area contributed by atoms with Crippen LogP contribution in [-0.4, -0.2) is 12.6 Å². The second kappa shape index (κ2) is 5.74. The molecule has 1 heterocycles. The molecule has 2 atom stereocenters. The van der Waals surface area contributed by atoms with E-state index in [4.69, 9.17) is 16.3 Å². The lowest BCUT2D eigenvalue weighted by molar-refractivity contribution is 0.141. The maximum atomic E-state index is 6.06. The van der Waals surface area contributed by atoms with Crippen LogP contribution in [-0.2, 0) is 0 Å². The van der Waals surface area contributed by atoms with Gasteiger partial charge in [0.15, 0.2) is 0 Å². The van der Waals surface area contributed by atoms with Gasteiger partial charge in [0.25, 0.3) is 0 Å². The topological polar surface area (TPSA) is 21.3 Å². The average Bonchev–Trinajstić information content (AvgIpc) is 2.31. The van der Waals surface area contributed by atoms with Crippen LogP contribution in [0.5, 0.6) is 5.75 Å². The number of benzene rings is 1. The van der Waals surface area contributed by atoms with Crippen molar-refractivity contribution >= 4 is 11.6 Å². The molecule has 0 aromatic heterocycles. The minimum absolute atomic E-state index is 0.331. The summed E-state index contributed by atoms with van der Waals surface area (Å²) < 4.78 is 6.01. The second-order valence-electron chi connectivity index (χ2n) is 4.56.